The van der Waals surface area contributed by atoms with E-state index in [4.69, 9.17) is 0 Å². The number of nitrogens with zero attached hydrogens (tertiary/aromatic N) is 1. The topological polar surface area (TPSA) is 61.4 Å². The molecule has 1 fully saturated rings. The maximum atomic E-state index is 11.9. The van der Waals surface area contributed by atoms with Crippen molar-refractivity contribution in [2.45, 2.75) is 45.1 Å². The van der Waals surface area contributed by atoms with E-state index in [1.165, 1.54) is 12.8 Å². The lowest BCUT2D eigenvalue weighted by Crippen LogP contribution is -2.44. The third-order valence-corrected chi connectivity index (χ3v) is 5.16. The highest BCUT2D eigenvalue weighted by atomic mass is 32.2. The maximum Gasteiger partial charge on any atom is 0.211 e. The van der Waals surface area contributed by atoms with Crippen LogP contribution in [0.2, 0.25) is 0 Å². The first kappa shape index (κ1) is 16.9. The monoisotopic (exact) mass is 291 g/mol. The van der Waals surface area contributed by atoms with E-state index in [0.29, 0.717) is 12.6 Å². The van der Waals surface area contributed by atoms with E-state index in [0.717, 1.165) is 38.9 Å². The zero-order valence-electron chi connectivity index (χ0n) is 12.3. The summed E-state index contributed by atoms with van der Waals surface area (Å²) in [5.41, 5.74) is 0. The van der Waals surface area contributed by atoms with E-state index in [1.807, 2.05) is 0 Å². The van der Waals surface area contributed by atoms with Crippen LogP contribution in [0.15, 0.2) is 0 Å². The highest BCUT2D eigenvalue weighted by molar-refractivity contribution is 7.89. The van der Waals surface area contributed by atoms with Crippen LogP contribution < -0.4 is 10.0 Å². The molecule has 0 aromatic rings. The molecule has 0 radical (unpaired) electrons. The summed E-state index contributed by atoms with van der Waals surface area (Å²) in [4.78, 5) is 2.26. The van der Waals surface area contributed by atoms with Gasteiger partial charge in [0.05, 0.1) is 5.75 Å². The summed E-state index contributed by atoms with van der Waals surface area (Å²) in [5, 5.41) is 3.20. The van der Waals surface area contributed by atoms with Crippen molar-refractivity contribution in [2.24, 2.45) is 0 Å². The van der Waals surface area contributed by atoms with Crippen LogP contribution >= 0.6 is 0 Å². The van der Waals surface area contributed by atoms with Crippen LogP contribution in [-0.2, 0) is 10.0 Å². The van der Waals surface area contributed by atoms with E-state index < -0.39 is 10.0 Å². The standard InChI is InChI=1S/C13H29N3O2S/c1-3-14-9-5-7-11-19(17,18)15-12-13-8-4-6-10-16(13)2/h13-15H,3-12H2,1-2H3. The van der Waals surface area contributed by atoms with Gasteiger partial charge in [0, 0.05) is 12.6 Å². The Bertz CT molecular complexity index is 333. The number of rotatable bonds is 9. The van der Waals surface area contributed by atoms with E-state index >= 15 is 0 Å². The summed E-state index contributed by atoms with van der Waals surface area (Å²) in [5.74, 6) is 0.245. The fraction of sp³-hybridized carbons (Fsp3) is 1.00. The van der Waals surface area contributed by atoms with Gasteiger partial charge in [-0.25, -0.2) is 13.1 Å². The van der Waals surface area contributed by atoms with Crippen LogP contribution in [0.25, 0.3) is 0 Å². The summed E-state index contributed by atoms with van der Waals surface area (Å²) < 4.78 is 26.5. The Morgan fingerprint density at radius 1 is 1.26 bits per heavy atom. The van der Waals surface area contributed by atoms with Crippen molar-refractivity contribution in [3.63, 3.8) is 0 Å². The second-order valence-electron chi connectivity index (χ2n) is 5.36. The van der Waals surface area contributed by atoms with Gasteiger partial charge in [0.2, 0.25) is 10.0 Å². The van der Waals surface area contributed by atoms with Crippen LogP contribution in [-0.4, -0.2) is 58.3 Å². The fourth-order valence-corrected chi connectivity index (χ4v) is 3.59. The Hall–Kier alpha value is -0.170. The van der Waals surface area contributed by atoms with Crippen molar-refractivity contribution in [1.82, 2.24) is 14.9 Å². The molecule has 1 saturated heterocycles. The molecule has 1 heterocycles. The van der Waals surface area contributed by atoms with Gasteiger partial charge in [0.15, 0.2) is 0 Å². The van der Waals surface area contributed by atoms with Gasteiger partial charge in [-0.2, -0.15) is 0 Å². The van der Waals surface area contributed by atoms with Crippen LogP contribution in [0, 0.1) is 0 Å². The van der Waals surface area contributed by atoms with Crippen molar-refractivity contribution >= 4 is 10.0 Å². The average Bonchev–Trinajstić information content (AvgIpc) is 2.37. The molecule has 6 heteroatoms. The van der Waals surface area contributed by atoms with Gasteiger partial charge in [0.25, 0.3) is 0 Å². The lowest BCUT2D eigenvalue weighted by molar-refractivity contribution is 0.187. The summed E-state index contributed by atoms with van der Waals surface area (Å²) in [7, 11) is -1.02. The van der Waals surface area contributed by atoms with Crippen LogP contribution in [0.5, 0.6) is 0 Å². The molecule has 0 spiro atoms. The van der Waals surface area contributed by atoms with Crippen LogP contribution in [0.4, 0.5) is 0 Å². The van der Waals surface area contributed by atoms with E-state index in [2.05, 4.69) is 28.9 Å². The number of likely N-dealkylation sites (tertiary alicyclic amines) is 1. The number of likely N-dealkylation sites (N-methyl/N-ethyl adjacent to an activating group) is 1. The summed E-state index contributed by atoms with van der Waals surface area (Å²) in [6.45, 7) is 5.54. The minimum absolute atomic E-state index is 0.245. The smallest absolute Gasteiger partial charge is 0.211 e. The summed E-state index contributed by atoms with van der Waals surface area (Å²) >= 11 is 0. The minimum atomic E-state index is -3.10. The molecule has 2 N–H and O–H groups in total. The van der Waals surface area contributed by atoms with Crippen molar-refractivity contribution < 1.29 is 8.42 Å². The van der Waals surface area contributed by atoms with Gasteiger partial charge in [-0.3, -0.25) is 0 Å². The molecule has 0 aromatic heterocycles. The molecular formula is C13H29N3O2S. The van der Waals surface area contributed by atoms with Gasteiger partial charge in [-0.15, -0.1) is 0 Å². The second-order valence-corrected chi connectivity index (χ2v) is 7.28. The molecule has 114 valence electrons. The zero-order valence-corrected chi connectivity index (χ0v) is 13.1. The molecule has 1 unspecified atom stereocenters. The predicted molar refractivity (Wildman–Crippen MR) is 79.8 cm³/mol. The number of piperidine rings is 1. The Balaban J connectivity index is 2.18. The Kier molecular flexibility index (Phi) is 7.90. The largest absolute Gasteiger partial charge is 0.317 e. The normalized spacial score (nSPS) is 21.7. The van der Waals surface area contributed by atoms with Gasteiger partial charge < -0.3 is 10.2 Å². The molecule has 1 aliphatic rings. The van der Waals surface area contributed by atoms with E-state index in [9.17, 15) is 8.42 Å². The molecule has 0 amide bonds. The molecule has 0 bridgehead atoms. The lowest BCUT2D eigenvalue weighted by Gasteiger charge is -2.32. The molecular weight excluding hydrogens is 262 g/mol. The molecule has 0 saturated carbocycles. The number of hydrogen-bond donors (Lipinski definition) is 2. The second kappa shape index (κ2) is 8.89. The maximum absolute atomic E-state index is 11.9. The number of unbranched alkanes of at least 4 members (excludes halogenated alkanes) is 1. The molecule has 1 aliphatic heterocycles. The Morgan fingerprint density at radius 3 is 2.74 bits per heavy atom. The molecule has 1 atom stereocenters. The van der Waals surface area contributed by atoms with Gasteiger partial charge in [-0.1, -0.05) is 13.3 Å². The SMILES string of the molecule is CCNCCCCS(=O)(=O)NCC1CCCCN1C. The van der Waals surface area contributed by atoms with Crippen molar-refractivity contribution in [3.05, 3.63) is 0 Å². The third kappa shape index (κ3) is 7.25. The molecule has 1 rings (SSSR count). The first-order chi connectivity index (χ1) is 9.05. The molecule has 5 nitrogen and oxygen atoms in total. The lowest BCUT2D eigenvalue weighted by atomic mass is 10.0. The number of nitrogens with one attached hydrogen (secondary N) is 2. The highest BCUT2D eigenvalue weighted by Gasteiger charge is 2.20. The van der Waals surface area contributed by atoms with Gasteiger partial charge in [-0.05, 0) is 52.4 Å². The quantitative estimate of drug-likeness (QED) is 0.616. The molecule has 0 aromatic carbocycles. The molecule has 19 heavy (non-hydrogen) atoms. The Labute approximate surface area is 118 Å². The highest BCUT2D eigenvalue weighted by Crippen LogP contribution is 2.14. The van der Waals surface area contributed by atoms with Crippen molar-refractivity contribution in [2.75, 3.05) is 39.0 Å². The molecule has 0 aliphatic carbocycles. The van der Waals surface area contributed by atoms with Crippen LogP contribution in [0.3, 0.4) is 0 Å². The predicted octanol–water partition coefficient (Wildman–Crippen LogP) is 0.780. The van der Waals surface area contributed by atoms with Gasteiger partial charge in [0.1, 0.15) is 0 Å². The van der Waals surface area contributed by atoms with Crippen molar-refractivity contribution in [1.29, 1.82) is 0 Å². The van der Waals surface area contributed by atoms with E-state index in [1.54, 1.807) is 0 Å². The van der Waals surface area contributed by atoms with Crippen LogP contribution in [0.1, 0.15) is 39.0 Å². The zero-order chi connectivity index (χ0) is 14.1. The summed E-state index contributed by atoms with van der Waals surface area (Å²) in [6, 6.07) is 0.366. The van der Waals surface area contributed by atoms with E-state index in [-0.39, 0.29) is 5.75 Å². The number of hydrogen-bond acceptors (Lipinski definition) is 4. The van der Waals surface area contributed by atoms with Gasteiger partial charge >= 0.3 is 0 Å². The first-order valence-electron chi connectivity index (χ1n) is 7.43. The minimum Gasteiger partial charge on any atom is -0.317 e. The first-order valence-corrected chi connectivity index (χ1v) is 9.08. The fourth-order valence-electron chi connectivity index (χ4n) is 2.42. The van der Waals surface area contributed by atoms with Crippen molar-refractivity contribution in [3.8, 4) is 0 Å². The average molecular weight is 291 g/mol. The number of sulfonamides is 1. The summed E-state index contributed by atoms with van der Waals surface area (Å²) in [6.07, 6.45) is 5.17. The third-order valence-electron chi connectivity index (χ3n) is 3.73. The Morgan fingerprint density at radius 2 is 2.05 bits per heavy atom.